The summed E-state index contributed by atoms with van der Waals surface area (Å²) in [5.41, 5.74) is 6.70. The molecular formula is C15H18N4S. The molecule has 0 aliphatic carbocycles. The van der Waals surface area contributed by atoms with Crippen molar-refractivity contribution in [3.63, 3.8) is 0 Å². The maximum Gasteiger partial charge on any atom is 0.192 e. The lowest BCUT2D eigenvalue weighted by molar-refractivity contribution is 0.526. The number of nitrogens with zero attached hydrogens (tertiary/aromatic N) is 3. The van der Waals surface area contributed by atoms with Gasteiger partial charge in [-0.1, -0.05) is 41.8 Å². The summed E-state index contributed by atoms with van der Waals surface area (Å²) in [5, 5.41) is 9.17. The molecular weight excluding hydrogens is 268 g/mol. The predicted octanol–water partition coefficient (Wildman–Crippen LogP) is 2.46. The largest absolute Gasteiger partial charge is 0.324 e. The minimum absolute atomic E-state index is 0.299. The third-order valence-corrected chi connectivity index (χ3v) is 3.54. The first-order valence-electron chi connectivity index (χ1n) is 6.53. The summed E-state index contributed by atoms with van der Waals surface area (Å²) in [4.78, 5) is 0. The first-order valence-corrected chi connectivity index (χ1v) is 7.51. The first kappa shape index (κ1) is 14.6. The van der Waals surface area contributed by atoms with Crippen molar-refractivity contribution < 1.29 is 0 Å². The van der Waals surface area contributed by atoms with Crippen molar-refractivity contribution in [2.24, 2.45) is 5.73 Å². The molecule has 4 nitrogen and oxygen atoms in total. The first-order chi connectivity index (χ1) is 9.72. The van der Waals surface area contributed by atoms with Crippen LogP contribution in [0.3, 0.4) is 0 Å². The van der Waals surface area contributed by atoms with Crippen molar-refractivity contribution >= 4 is 11.8 Å². The van der Waals surface area contributed by atoms with Gasteiger partial charge >= 0.3 is 0 Å². The molecule has 0 fully saturated rings. The topological polar surface area (TPSA) is 56.7 Å². The molecule has 1 aromatic carbocycles. The number of thioether (sulfide) groups is 1. The summed E-state index contributed by atoms with van der Waals surface area (Å²) in [6, 6.07) is 10.3. The normalized spacial score (nSPS) is 10.4. The van der Waals surface area contributed by atoms with Crippen molar-refractivity contribution in [2.45, 2.75) is 31.6 Å². The highest BCUT2D eigenvalue weighted by Crippen LogP contribution is 2.20. The predicted molar refractivity (Wildman–Crippen MR) is 82.3 cm³/mol. The molecule has 2 rings (SSSR count). The van der Waals surface area contributed by atoms with Crippen LogP contribution in [0.2, 0.25) is 0 Å². The Morgan fingerprint density at radius 1 is 1.25 bits per heavy atom. The molecule has 0 aliphatic rings. The zero-order valence-electron chi connectivity index (χ0n) is 11.7. The van der Waals surface area contributed by atoms with E-state index in [1.807, 2.05) is 30.3 Å². The summed E-state index contributed by atoms with van der Waals surface area (Å²) in [6.07, 6.45) is 0. The minimum atomic E-state index is 0.299. The zero-order valence-corrected chi connectivity index (χ0v) is 12.5. The van der Waals surface area contributed by atoms with E-state index in [9.17, 15) is 0 Å². The fraction of sp³-hybridized carbons (Fsp3) is 0.333. The quantitative estimate of drug-likeness (QED) is 0.693. The minimum Gasteiger partial charge on any atom is -0.324 e. The van der Waals surface area contributed by atoms with Crippen molar-refractivity contribution in [2.75, 3.05) is 5.75 Å². The highest BCUT2D eigenvalue weighted by Gasteiger charge is 2.13. The Morgan fingerprint density at radius 2 is 2.00 bits per heavy atom. The van der Waals surface area contributed by atoms with E-state index >= 15 is 0 Å². The van der Waals surface area contributed by atoms with Gasteiger partial charge in [0.05, 0.1) is 12.3 Å². The summed E-state index contributed by atoms with van der Waals surface area (Å²) in [6.45, 7) is 4.60. The Labute approximate surface area is 123 Å². The molecule has 0 saturated heterocycles. The van der Waals surface area contributed by atoms with Gasteiger partial charge in [-0.2, -0.15) is 0 Å². The summed E-state index contributed by atoms with van der Waals surface area (Å²) < 4.78 is 2.06. The van der Waals surface area contributed by atoms with Crippen LogP contribution in [0, 0.1) is 11.8 Å². The second-order valence-corrected chi connectivity index (χ2v) is 5.47. The van der Waals surface area contributed by atoms with Crippen molar-refractivity contribution in [1.82, 2.24) is 14.8 Å². The smallest absolute Gasteiger partial charge is 0.192 e. The lowest BCUT2D eigenvalue weighted by atomic mass is 10.2. The SMILES string of the molecule is CC(C)n1c(CN)nnc1SCC#Cc1ccccc1. The second-order valence-electron chi connectivity index (χ2n) is 4.52. The maximum absolute atomic E-state index is 5.67. The van der Waals surface area contributed by atoms with E-state index in [1.54, 1.807) is 11.8 Å². The van der Waals surface area contributed by atoms with Gasteiger partial charge < -0.3 is 10.3 Å². The number of benzene rings is 1. The average Bonchev–Trinajstić information content (AvgIpc) is 2.88. The summed E-state index contributed by atoms with van der Waals surface area (Å²) in [7, 11) is 0. The van der Waals surface area contributed by atoms with Crippen LogP contribution in [0.25, 0.3) is 0 Å². The molecule has 1 heterocycles. The van der Waals surface area contributed by atoms with E-state index in [0.717, 1.165) is 16.5 Å². The average molecular weight is 286 g/mol. The molecule has 20 heavy (non-hydrogen) atoms. The highest BCUT2D eigenvalue weighted by atomic mass is 32.2. The number of nitrogens with two attached hydrogens (primary N) is 1. The molecule has 0 atom stereocenters. The second kappa shape index (κ2) is 7.13. The molecule has 2 N–H and O–H groups in total. The lowest BCUT2D eigenvalue weighted by Gasteiger charge is -2.11. The molecule has 0 unspecified atom stereocenters. The van der Waals surface area contributed by atoms with Crippen LogP contribution >= 0.6 is 11.8 Å². The Morgan fingerprint density at radius 3 is 2.65 bits per heavy atom. The Hall–Kier alpha value is -1.77. The molecule has 0 spiro atoms. The van der Waals surface area contributed by atoms with Crippen LogP contribution in [0.15, 0.2) is 35.5 Å². The Bertz CT molecular complexity index is 608. The van der Waals surface area contributed by atoms with Gasteiger partial charge in [0.1, 0.15) is 5.82 Å². The monoisotopic (exact) mass is 286 g/mol. The van der Waals surface area contributed by atoms with Crippen LogP contribution in [0.1, 0.15) is 31.3 Å². The van der Waals surface area contributed by atoms with E-state index in [-0.39, 0.29) is 0 Å². The molecule has 0 saturated carbocycles. The standard InChI is InChI=1S/C15H18N4S/c1-12(2)19-14(11-16)17-18-15(19)20-10-6-9-13-7-4-3-5-8-13/h3-5,7-8,12H,10-11,16H2,1-2H3. The van der Waals surface area contributed by atoms with E-state index < -0.39 is 0 Å². The van der Waals surface area contributed by atoms with Gasteiger partial charge in [0, 0.05) is 11.6 Å². The van der Waals surface area contributed by atoms with Crippen LogP contribution < -0.4 is 5.73 Å². The van der Waals surface area contributed by atoms with Crippen molar-refractivity contribution in [1.29, 1.82) is 0 Å². The number of hydrogen-bond donors (Lipinski definition) is 1. The molecule has 104 valence electrons. The highest BCUT2D eigenvalue weighted by molar-refractivity contribution is 7.99. The zero-order chi connectivity index (χ0) is 14.4. The molecule has 0 amide bonds. The van der Waals surface area contributed by atoms with E-state index in [2.05, 4.69) is 40.5 Å². The number of rotatable bonds is 4. The molecule has 0 aliphatic heterocycles. The van der Waals surface area contributed by atoms with Crippen LogP contribution in [-0.4, -0.2) is 20.5 Å². The van der Waals surface area contributed by atoms with E-state index in [1.165, 1.54) is 0 Å². The fourth-order valence-corrected chi connectivity index (χ4v) is 2.65. The summed E-state index contributed by atoms with van der Waals surface area (Å²) >= 11 is 1.59. The van der Waals surface area contributed by atoms with E-state index in [0.29, 0.717) is 18.3 Å². The van der Waals surface area contributed by atoms with Gasteiger partial charge in [0.15, 0.2) is 5.16 Å². The van der Waals surface area contributed by atoms with Gasteiger partial charge in [-0.25, -0.2) is 0 Å². The molecule has 0 radical (unpaired) electrons. The van der Waals surface area contributed by atoms with Crippen LogP contribution in [0.5, 0.6) is 0 Å². The Kier molecular flexibility index (Phi) is 5.22. The van der Waals surface area contributed by atoms with Gasteiger partial charge in [-0.15, -0.1) is 10.2 Å². The van der Waals surface area contributed by atoms with Crippen LogP contribution in [0.4, 0.5) is 0 Å². The number of aromatic nitrogens is 3. The van der Waals surface area contributed by atoms with Gasteiger partial charge in [0.25, 0.3) is 0 Å². The molecule has 0 bridgehead atoms. The number of hydrogen-bond acceptors (Lipinski definition) is 4. The molecule has 5 heteroatoms. The maximum atomic E-state index is 5.67. The fourth-order valence-electron chi connectivity index (χ4n) is 1.82. The summed E-state index contributed by atoms with van der Waals surface area (Å²) in [5.74, 6) is 7.78. The van der Waals surface area contributed by atoms with Gasteiger partial charge in [-0.05, 0) is 26.0 Å². The molecule has 1 aromatic heterocycles. The van der Waals surface area contributed by atoms with E-state index in [4.69, 9.17) is 5.73 Å². The van der Waals surface area contributed by atoms with Gasteiger partial charge in [-0.3, -0.25) is 0 Å². The van der Waals surface area contributed by atoms with Gasteiger partial charge in [0.2, 0.25) is 0 Å². The van der Waals surface area contributed by atoms with Crippen LogP contribution in [-0.2, 0) is 6.54 Å². The Balaban J connectivity index is 2.02. The third-order valence-electron chi connectivity index (χ3n) is 2.71. The molecule has 2 aromatic rings. The van der Waals surface area contributed by atoms with Crippen molar-refractivity contribution in [3.8, 4) is 11.8 Å². The lowest BCUT2D eigenvalue weighted by Crippen LogP contribution is -2.11. The van der Waals surface area contributed by atoms with Crippen molar-refractivity contribution in [3.05, 3.63) is 41.7 Å². The third kappa shape index (κ3) is 3.62.